The highest BCUT2D eigenvalue weighted by Crippen LogP contribution is 2.20. The fraction of sp³-hybridized carbons (Fsp3) is 0.300. The normalized spacial score (nSPS) is 11.3. The number of amides is 1. The predicted octanol–water partition coefficient (Wildman–Crippen LogP) is 3.47. The molecule has 7 nitrogen and oxygen atoms in total. The Morgan fingerprint density at radius 3 is 2.24 bits per heavy atom. The van der Waals surface area contributed by atoms with E-state index in [0.29, 0.717) is 23.8 Å². The zero-order chi connectivity index (χ0) is 21.6. The van der Waals surface area contributed by atoms with Gasteiger partial charge in [-0.05, 0) is 55.0 Å². The van der Waals surface area contributed by atoms with Gasteiger partial charge in [-0.25, -0.2) is 13.2 Å². The third-order valence-corrected chi connectivity index (χ3v) is 6.53. The Morgan fingerprint density at radius 2 is 1.69 bits per heavy atom. The van der Waals surface area contributed by atoms with Crippen LogP contribution >= 0.6 is 11.6 Å². The molecular weight excluding hydrogens is 416 g/mol. The van der Waals surface area contributed by atoms with Gasteiger partial charge in [-0.15, -0.1) is 0 Å². The van der Waals surface area contributed by atoms with E-state index >= 15 is 0 Å². The van der Waals surface area contributed by atoms with Crippen LogP contribution in [0.15, 0.2) is 47.4 Å². The van der Waals surface area contributed by atoms with Crippen LogP contribution in [0.4, 0.5) is 5.69 Å². The molecule has 2 aromatic carbocycles. The Bertz CT molecular complexity index is 986. The summed E-state index contributed by atoms with van der Waals surface area (Å²) >= 11 is 5.87. The van der Waals surface area contributed by atoms with Gasteiger partial charge in [-0.3, -0.25) is 4.79 Å². The van der Waals surface area contributed by atoms with Gasteiger partial charge in [0.05, 0.1) is 10.5 Å². The molecule has 0 atom stereocenters. The predicted molar refractivity (Wildman–Crippen MR) is 112 cm³/mol. The number of carbonyl (C=O) groups excluding carboxylic acids is 2. The highest BCUT2D eigenvalue weighted by molar-refractivity contribution is 7.89. The molecule has 156 valence electrons. The average Bonchev–Trinajstić information content (AvgIpc) is 2.69. The van der Waals surface area contributed by atoms with Crippen molar-refractivity contribution in [3.05, 3.63) is 58.6 Å². The third-order valence-electron chi connectivity index (χ3n) is 4.23. The van der Waals surface area contributed by atoms with Crippen molar-refractivity contribution >= 4 is 39.2 Å². The van der Waals surface area contributed by atoms with Crippen LogP contribution in [0.3, 0.4) is 0 Å². The molecule has 29 heavy (non-hydrogen) atoms. The van der Waals surface area contributed by atoms with E-state index in [2.05, 4.69) is 5.32 Å². The number of esters is 1. The molecule has 0 aliphatic carbocycles. The van der Waals surface area contributed by atoms with Crippen LogP contribution in [0.25, 0.3) is 0 Å². The number of sulfonamides is 1. The van der Waals surface area contributed by atoms with Crippen LogP contribution in [0, 0.1) is 6.92 Å². The molecule has 0 fully saturated rings. The third kappa shape index (κ3) is 5.79. The number of hydrogen-bond donors (Lipinski definition) is 1. The van der Waals surface area contributed by atoms with Crippen LogP contribution in [0.1, 0.15) is 29.8 Å². The summed E-state index contributed by atoms with van der Waals surface area (Å²) in [6.07, 6.45) is 0. The van der Waals surface area contributed by atoms with E-state index in [1.807, 2.05) is 0 Å². The summed E-state index contributed by atoms with van der Waals surface area (Å²) < 4.78 is 31.2. The molecule has 0 spiro atoms. The molecule has 9 heteroatoms. The lowest BCUT2D eigenvalue weighted by molar-refractivity contribution is -0.119. The first-order valence-corrected chi connectivity index (χ1v) is 10.8. The van der Waals surface area contributed by atoms with Crippen LogP contribution in [0.2, 0.25) is 5.02 Å². The zero-order valence-electron chi connectivity index (χ0n) is 16.4. The lowest BCUT2D eigenvalue weighted by Gasteiger charge is -2.18. The summed E-state index contributed by atoms with van der Waals surface area (Å²) in [5.74, 6) is -1.22. The van der Waals surface area contributed by atoms with Crippen molar-refractivity contribution in [2.75, 3.05) is 25.0 Å². The van der Waals surface area contributed by atoms with E-state index in [9.17, 15) is 18.0 Å². The van der Waals surface area contributed by atoms with Gasteiger partial charge in [-0.1, -0.05) is 25.4 Å². The van der Waals surface area contributed by atoms with Gasteiger partial charge in [0.2, 0.25) is 10.0 Å². The summed E-state index contributed by atoms with van der Waals surface area (Å²) in [4.78, 5) is 24.2. The summed E-state index contributed by atoms with van der Waals surface area (Å²) in [5.41, 5.74) is 1.50. The Kier molecular flexibility index (Phi) is 7.78. The van der Waals surface area contributed by atoms with E-state index in [1.54, 1.807) is 39.0 Å². The lowest BCUT2D eigenvalue weighted by atomic mass is 10.2. The fourth-order valence-corrected chi connectivity index (χ4v) is 4.33. The van der Waals surface area contributed by atoms with Crippen molar-refractivity contribution < 1.29 is 22.7 Å². The molecule has 2 rings (SSSR count). The number of nitrogens with zero attached hydrogens (tertiary/aromatic N) is 1. The molecular formula is C20H23ClN2O5S. The molecule has 0 bridgehead atoms. The van der Waals surface area contributed by atoms with E-state index in [-0.39, 0.29) is 10.5 Å². The summed E-state index contributed by atoms with van der Waals surface area (Å²) in [7, 11) is -3.60. The maximum absolute atomic E-state index is 12.5. The number of anilines is 1. The zero-order valence-corrected chi connectivity index (χ0v) is 18.0. The molecule has 0 saturated carbocycles. The lowest BCUT2D eigenvalue weighted by Crippen LogP contribution is -2.30. The molecule has 2 aromatic rings. The van der Waals surface area contributed by atoms with Crippen LogP contribution in [-0.4, -0.2) is 44.3 Å². The molecule has 0 heterocycles. The minimum atomic E-state index is -3.60. The van der Waals surface area contributed by atoms with E-state index in [1.165, 1.54) is 28.6 Å². The van der Waals surface area contributed by atoms with E-state index in [4.69, 9.17) is 16.3 Å². The second-order valence-corrected chi connectivity index (χ2v) is 8.57. The van der Waals surface area contributed by atoms with Crippen molar-refractivity contribution in [1.29, 1.82) is 0 Å². The maximum atomic E-state index is 12.5. The van der Waals surface area contributed by atoms with E-state index < -0.39 is 28.5 Å². The van der Waals surface area contributed by atoms with Crippen molar-refractivity contribution in [2.45, 2.75) is 25.7 Å². The monoisotopic (exact) mass is 438 g/mol. The molecule has 0 aliphatic rings. The molecule has 0 unspecified atom stereocenters. The Morgan fingerprint density at radius 1 is 1.07 bits per heavy atom. The van der Waals surface area contributed by atoms with E-state index in [0.717, 1.165) is 5.56 Å². The van der Waals surface area contributed by atoms with Gasteiger partial charge in [0, 0.05) is 23.8 Å². The van der Waals surface area contributed by atoms with Crippen LogP contribution < -0.4 is 5.32 Å². The SMILES string of the molecule is CCN(CC)S(=O)(=O)c1ccc(C(=O)OCC(=O)Nc2ccc(Cl)cc2C)cc1. The number of benzene rings is 2. The van der Waals surface area contributed by atoms with Crippen molar-refractivity contribution in [2.24, 2.45) is 0 Å². The standard InChI is InChI=1S/C20H23ClN2O5S/c1-4-23(5-2)29(26,27)17-9-6-15(7-10-17)20(25)28-13-19(24)22-18-11-8-16(21)12-14(18)3/h6-12H,4-5,13H2,1-3H3,(H,22,24). The molecule has 1 amide bonds. The first kappa shape index (κ1) is 22.9. The maximum Gasteiger partial charge on any atom is 0.338 e. The average molecular weight is 439 g/mol. The van der Waals surface area contributed by atoms with Gasteiger partial charge < -0.3 is 10.1 Å². The number of nitrogens with one attached hydrogen (secondary N) is 1. The van der Waals surface area contributed by atoms with Gasteiger partial charge >= 0.3 is 5.97 Å². The number of hydrogen-bond acceptors (Lipinski definition) is 5. The second-order valence-electron chi connectivity index (χ2n) is 6.20. The first-order valence-electron chi connectivity index (χ1n) is 9.02. The molecule has 1 N–H and O–H groups in total. The molecule has 0 radical (unpaired) electrons. The molecule has 0 saturated heterocycles. The molecule has 0 aromatic heterocycles. The van der Waals surface area contributed by atoms with Gasteiger partial charge in [0.25, 0.3) is 5.91 Å². The molecule has 0 aliphatic heterocycles. The quantitative estimate of drug-likeness (QED) is 0.637. The number of rotatable bonds is 8. The van der Waals surface area contributed by atoms with Gasteiger partial charge in [0.15, 0.2) is 6.61 Å². The second kappa shape index (κ2) is 9.87. The topological polar surface area (TPSA) is 92.8 Å². The van der Waals surface area contributed by atoms with Crippen LogP contribution in [-0.2, 0) is 19.6 Å². The largest absolute Gasteiger partial charge is 0.452 e. The van der Waals surface area contributed by atoms with Gasteiger partial charge in [0.1, 0.15) is 0 Å². The summed E-state index contributed by atoms with van der Waals surface area (Å²) in [5, 5.41) is 3.19. The highest BCUT2D eigenvalue weighted by Gasteiger charge is 2.22. The summed E-state index contributed by atoms with van der Waals surface area (Å²) in [6, 6.07) is 10.4. The Labute approximate surface area is 175 Å². The Hall–Kier alpha value is -2.42. The smallest absolute Gasteiger partial charge is 0.338 e. The number of halogens is 1. The fourth-order valence-electron chi connectivity index (χ4n) is 2.64. The first-order chi connectivity index (χ1) is 13.7. The van der Waals surface area contributed by atoms with Crippen molar-refractivity contribution in [1.82, 2.24) is 4.31 Å². The van der Waals surface area contributed by atoms with Crippen molar-refractivity contribution in [3.8, 4) is 0 Å². The number of ether oxygens (including phenoxy) is 1. The number of carbonyl (C=O) groups is 2. The summed E-state index contributed by atoms with van der Waals surface area (Å²) in [6.45, 7) is 5.53. The van der Waals surface area contributed by atoms with Crippen molar-refractivity contribution in [3.63, 3.8) is 0 Å². The Balaban J connectivity index is 1.98. The van der Waals surface area contributed by atoms with Gasteiger partial charge in [-0.2, -0.15) is 4.31 Å². The minimum Gasteiger partial charge on any atom is -0.452 e. The highest BCUT2D eigenvalue weighted by atomic mass is 35.5. The van der Waals surface area contributed by atoms with Crippen LogP contribution in [0.5, 0.6) is 0 Å². The minimum absolute atomic E-state index is 0.0914. The number of aryl methyl sites for hydroxylation is 1.